The number of amides is 1. The van der Waals surface area contributed by atoms with Crippen LogP contribution in [0.1, 0.15) is 57.8 Å². The number of nitrogens with zero attached hydrogens (tertiary/aromatic N) is 2. The van der Waals surface area contributed by atoms with Crippen LogP contribution >= 0.6 is 0 Å². The molecule has 0 spiro atoms. The van der Waals surface area contributed by atoms with Crippen molar-refractivity contribution >= 4 is 17.0 Å². The molecule has 1 aliphatic heterocycles. The van der Waals surface area contributed by atoms with E-state index in [4.69, 9.17) is 14.2 Å². The number of H-pyrrole nitrogens is 1. The molecule has 1 unspecified atom stereocenters. The lowest BCUT2D eigenvalue weighted by Crippen LogP contribution is -2.48. The van der Waals surface area contributed by atoms with Crippen molar-refractivity contribution in [1.82, 2.24) is 15.1 Å². The van der Waals surface area contributed by atoms with Crippen molar-refractivity contribution in [3.63, 3.8) is 0 Å². The van der Waals surface area contributed by atoms with Gasteiger partial charge in [-0.05, 0) is 70.4 Å². The van der Waals surface area contributed by atoms with Gasteiger partial charge in [0.2, 0.25) is 0 Å². The molecule has 0 saturated carbocycles. The molecule has 1 aromatic heterocycles. The fraction of sp³-hybridized carbons (Fsp3) is 0.481. The number of benzene rings is 2. The number of likely N-dealkylation sites (tertiary alicyclic amines) is 1. The molecule has 8 heteroatoms. The molecular formula is C27H34FN3O4. The summed E-state index contributed by atoms with van der Waals surface area (Å²) in [5.41, 5.74) is 1.97. The Morgan fingerprint density at radius 1 is 1.20 bits per heavy atom. The third-order valence-electron chi connectivity index (χ3n) is 6.66. The monoisotopic (exact) mass is 483 g/mol. The van der Waals surface area contributed by atoms with Crippen LogP contribution < -0.4 is 4.74 Å². The Hall–Kier alpha value is -3.13. The number of aromatic nitrogens is 2. The highest BCUT2D eigenvalue weighted by molar-refractivity contribution is 5.83. The number of halogens is 1. The molecule has 4 rings (SSSR count). The number of ether oxygens (including phenoxy) is 3. The van der Waals surface area contributed by atoms with E-state index in [-0.39, 0.29) is 23.4 Å². The van der Waals surface area contributed by atoms with Gasteiger partial charge in [-0.2, -0.15) is 5.10 Å². The van der Waals surface area contributed by atoms with Gasteiger partial charge in [-0.1, -0.05) is 12.1 Å². The van der Waals surface area contributed by atoms with Crippen molar-refractivity contribution in [3.8, 4) is 5.75 Å². The SMILES string of the molecule is COc1cc(C(C)OCC2(c3ccc(F)cc3)CCN(C(=O)OC(C)(C)C)CC2)c2[nH]ncc2c1. The lowest BCUT2D eigenvalue weighted by atomic mass is 9.73. The summed E-state index contributed by atoms with van der Waals surface area (Å²) in [7, 11) is 1.64. The highest BCUT2D eigenvalue weighted by Gasteiger charge is 2.39. The van der Waals surface area contributed by atoms with Crippen molar-refractivity contribution in [2.75, 3.05) is 26.8 Å². The van der Waals surface area contributed by atoms with Crippen LogP contribution in [0.25, 0.3) is 10.9 Å². The third-order valence-corrected chi connectivity index (χ3v) is 6.66. The minimum absolute atomic E-state index is 0.241. The molecule has 1 saturated heterocycles. The quantitative estimate of drug-likeness (QED) is 0.483. The summed E-state index contributed by atoms with van der Waals surface area (Å²) < 4.78 is 31.2. The number of carbonyl (C=O) groups is 1. The number of carbonyl (C=O) groups excluding carboxylic acids is 1. The maximum Gasteiger partial charge on any atom is 0.410 e. The van der Waals surface area contributed by atoms with Gasteiger partial charge < -0.3 is 19.1 Å². The number of fused-ring (bicyclic) bond motifs is 1. The molecule has 35 heavy (non-hydrogen) atoms. The topological polar surface area (TPSA) is 76.7 Å². The Labute approximate surface area is 205 Å². The predicted octanol–water partition coefficient (Wildman–Crippen LogP) is 5.76. The summed E-state index contributed by atoms with van der Waals surface area (Å²) in [6.45, 7) is 9.09. The van der Waals surface area contributed by atoms with E-state index < -0.39 is 5.60 Å². The zero-order chi connectivity index (χ0) is 25.2. The normalized spacial score (nSPS) is 16.8. The van der Waals surface area contributed by atoms with Crippen LogP contribution in [0.3, 0.4) is 0 Å². The first-order valence-corrected chi connectivity index (χ1v) is 12.0. The van der Waals surface area contributed by atoms with Crippen LogP contribution in [0.15, 0.2) is 42.6 Å². The minimum Gasteiger partial charge on any atom is -0.497 e. The average Bonchev–Trinajstić information content (AvgIpc) is 3.30. The number of nitrogens with one attached hydrogen (secondary N) is 1. The summed E-state index contributed by atoms with van der Waals surface area (Å²) in [5.74, 6) is 0.464. The van der Waals surface area contributed by atoms with Gasteiger partial charge in [0.15, 0.2) is 0 Å². The molecule has 0 aliphatic carbocycles. The van der Waals surface area contributed by atoms with E-state index in [1.54, 1.807) is 18.2 Å². The second kappa shape index (κ2) is 9.85. The molecule has 0 radical (unpaired) electrons. The molecular weight excluding hydrogens is 449 g/mol. The zero-order valence-electron chi connectivity index (χ0n) is 21.1. The van der Waals surface area contributed by atoms with Gasteiger partial charge in [0.05, 0.1) is 31.5 Å². The summed E-state index contributed by atoms with van der Waals surface area (Å²) in [6, 6.07) is 10.5. The highest BCUT2D eigenvalue weighted by Crippen LogP contribution is 2.39. The molecule has 1 N–H and O–H groups in total. The number of hydrogen-bond donors (Lipinski definition) is 1. The second-order valence-electron chi connectivity index (χ2n) is 10.3. The first kappa shape index (κ1) is 25.0. The van der Waals surface area contributed by atoms with E-state index in [1.165, 1.54) is 12.1 Å². The Morgan fingerprint density at radius 3 is 2.51 bits per heavy atom. The van der Waals surface area contributed by atoms with Gasteiger partial charge >= 0.3 is 6.09 Å². The van der Waals surface area contributed by atoms with Crippen LogP contribution in [0.2, 0.25) is 0 Å². The van der Waals surface area contributed by atoms with Gasteiger partial charge in [-0.15, -0.1) is 0 Å². The van der Waals surface area contributed by atoms with Gasteiger partial charge in [0.25, 0.3) is 0 Å². The first-order chi connectivity index (χ1) is 16.6. The van der Waals surface area contributed by atoms with Crippen molar-refractivity contribution in [2.24, 2.45) is 0 Å². The van der Waals surface area contributed by atoms with E-state index in [0.29, 0.717) is 32.5 Å². The summed E-state index contributed by atoms with van der Waals surface area (Å²) in [5, 5.41) is 8.18. The van der Waals surface area contributed by atoms with E-state index >= 15 is 0 Å². The molecule has 1 fully saturated rings. The molecule has 1 atom stereocenters. The lowest BCUT2D eigenvalue weighted by Gasteiger charge is -2.42. The Balaban J connectivity index is 1.54. The van der Waals surface area contributed by atoms with Gasteiger partial charge in [0, 0.05) is 29.5 Å². The smallest absolute Gasteiger partial charge is 0.410 e. The lowest BCUT2D eigenvalue weighted by molar-refractivity contribution is -0.00936. The van der Waals surface area contributed by atoms with Crippen molar-refractivity contribution < 1.29 is 23.4 Å². The van der Waals surface area contributed by atoms with Crippen molar-refractivity contribution in [3.05, 3.63) is 59.5 Å². The van der Waals surface area contributed by atoms with E-state index in [9.17, 15) is 9.18 Å². The van der Waals surface area contributed by atoms with E-state index in [1.807, 2.05) is 52.0 Å². The summed E-state index contributed by atoms with van der Waals surface area (Å²) >= 11 is 0. The maximum absolute atomic E-state index is 13.7. The predicted molar refractivity (Wildman–Crippen MR) is 132 cm³/mol. The zero-order valence-corrected chi connectivity index (χ0v) is 21.1. The Kier molecular flexibility index (Phi) is 7.03. The number of aromatic amines is 1. The standard InChI is InChI=1S/C27H34FN3O4/c1-18(23-15-22(33-5)14-19-16-29-30-24(19)23)34-17-27(20-6-8-21(28)9-7-20)10-12-31(13-11-27)25(32)35-26(2,3)4/h6-9,14-16,18H,10-13,17H2,1-5H3,(H,29,30). The van der Waals surface area contributed by atoms with Crippen LogP contribution in [0.5, 0.6) is 5.75 Å². The molecule has 0 bridgehead atoms. The van der Waals surface area contributed by atoms with Gasteiger partial charge in [-0.25, -0.2) is 9.18 Å². The molecule has 1 aliphatic rings. The molecule has 2 aromatic carbocycles. The average molecular weight is 484 g/mol. The Bertz CT molecular complexity index is 1160. The molecule has 3 aromatic rings. The molecule has 188 valence electrons. The summed E-state index contributed by atoms with van der Waals surface area (Å²) in [4.78, 5) is 14.4. The van der Waals surface area contributed by atoms with Crippen molar-refractivity contribution in [1.29, 1.82) is 0 Å². The van der Waals surface area contributed by atoms with Crippen LogP contribution in [-0.2, 0) is 14.9 Å². The third kappa shape index (κ3) is 5.59. The van der Waals surface area contributed by atoms with E-state index in [0.717, 1.165) is 27.8 Å². The van der Waals surface area contributed by atoms with Crippen LogP contribution in [-0.4, -0.2) is 53.6 Å². The van der Waals surface area contributed by atoms with Crippen molar-refractivity contribution in [2.45, 2.75) is 57.7 Å². The number of methoxy groups -OCH3 is 1. The van der Waals surface area contributed by atoms with Crippen LogP contribution in [0.4, 0.5) is 9.18 Å². The molecule has 2 heterocycles. The summed E-state index contributed by atoms with van der Waals surface area (Å²) in [6.07, 6.45) is 2.58. The maximum atomic E-state index is 13.7. The van der Waals surface area contributed by atoms with E-state index in [2.05, 4.69) is 10.2 Å². The molecule has 1 amide bonds. The number of piperidine rings is 1. The first-order valence-electron chi connectivity index (χ1n) is 12.0. The highest BCUT2D eigenvalue weighted by atomic mass is 19.1. The number of rotatable bonds is 6. The fourth-order valence-electron chi connectivity index (χ4n) is 4.63. The fourth-order valence-corrected chi connectivity index (χ4v) is 4.63. The Morgan fingerprint density at radius 2 is 1.89 bits per heavy atom. The molecule has 7 nitrogen and oxygen atoms in total. The van der Waals surface area contributed by atoms with Gasteiger partial charge in [0.1, 0.15) is 17.2 Å². The largest absolute Gasteiger partial charge is 0.497 e. The minimum atomic E-state index is -0.546. The second-order valence-corrected chi connectivity index (χ2v) is 10.3. The van der Waals surface area contributed by atoms with Gasteiger partial charge in [-0.3, -0.25) is 5.10 Å². The van der Waals surface area contributed by atoms with Crippen LogP contribution in [0, 0.1) is 5.82 Å². The number of hydrogen-bond acceptors (Lipinski definition) is 5.